The quantitative estimate of drug-likeness (QED) is 0.874. The second-order valence-electron chi connectivity index (χ2n) is 4.70. The standard InChI is InChI=1S/C15H14Cl2FNO/c1-15(9-20,10-5-4-6-11(16)14(10)17)19-13-8-3-2-7-12(13)18/h2-8,19-20H,9H2,1H3. The second kappa shape index (κ2) is 6.00. The number of rotatable bonds is 4. The normalized spacial score (nSPS) is 13.8. The predicted molar refractivity (Wildman–Crippen MR) is 80.9 cm³/mol. The van der Waals surface area contributed by atoms with E-state index in [1.807, 2.05) is 0 Å². The fraction of sp³-hybridized carbons (Fsp3) is 0.200. The highest BCUT2D eigenvalue weighted by molar-refractivity contribution is 6.42. The third kappa shape index (κ3) is 2.90. The van der Waals surface area contributed by atoms with Crippen molar-refractivity contribution in [2.45, 2.75) is 12.5 Å². The van der Waals surface area contributed by atoms with Crippen molar-refractivity contribution in [2.24, 2.45) is 0 Å². The van der Waals surface area contributed by atoms with Crippen LogP contribution < -0.4 is 5.32 Å². The molecule has 0 amide bonds. The Morgan fingerprint density at radius 3 is 2.50 bits per heavy atom. The number of nitrogens with one attached hydrogen (secondary N) is 1. The summed E-state index contributed by atoms with van der Waals surface area (Å²) in [4.78, 5) is 0. The van der Waals surface area contributed by atoms with E-state index in [-0.39, 0.29) is 6.61 Å². The minimum atomic E-state index is -0.940. The van der Waals surface area contributed by atoms with Crippen molar-refractivity contribution < 1.29 is 9.50 Å². The average Bonchev–Trinajstić information content (AvgIpc) is 2.44. The van der Waals surface area contributed by atoms with Gasteiger partial charge in [0.25, 0.3) is 0 Å². The van der Waals surface area contributed by atoms with Gasteiger partial charge in [-0.05, 0) is 30.7 Å². The molecule has 0 saturated carbocycles. The maximum absolute atomic E-state index is 13.7. The highest BCUT2D eigenvalue weighted by Gasteiger charge is 2.29. The molecule has 20 heavy (non-hydrogen) atoms. The topological polar surface area (TPSA) is 32.3 Å². The van der Waals surface area contributed by atoms with Crippen LogP contribution in [0, 0.1) is 5.82 Å². The van der Waals surface area contributed by atoms with Crippen molar-refractivity contribution in [2.75, 3.05) is 11.9 Å². The van der Waals surface area contributed by atoms with Gasteiger partial charge in [-0.2, -0.15) is 0 Å². The van der Waals surface area contributed by atoms with Gasteiger partial charge in [0.05, 0.1) is 27.9 Å². The number of halogens is 3. The molecule has 2 aromatic rings. The van der Waals surface area contributed by atoms with Crippen LogP contribution in [0.5, 0.6) is 0 Å². The van der Waals surface area contributed by atoms with E-state index < -0.39 is 11.4 Å². The number of aliphatic hydroxyl groups excluding tert-OH is 1. The van der Waals surface area contributed by atoms with E-state index in [4.69, 9.17) is 23.2 Å². The Balaban J connectivity index is 2.44. The van der Waals surface area contributed by atoms with E-state index in [9.17, 15) is 9.50 Å². The second-order valence-corrected chi connectivity index (χ2v) is 5.48. The fourth-order valence-electron chi connectivity index (χ4n) is 1.98. The van der Waals surface area contributed by atoms with Crippen molar-refractivity contribution in [3.63, 3.8) is 0 Å². The van der Waals surface area contributed by atoms with Crippen molar-refractivity contribution in [1.82, 2.24) is 0 Å². The lowest BCUT2D eigenvalue weighted by Gasteiger charge is -2.31. The Morgan fingerprint density at radius 2 is 1.85 bits per heavy atom. The number of hydrogen-bond donors (Lipinski definition) is 2. The molecule has 0 aliphatic heterocycles. The molecule has 1 atom stereocenters. The molecule has 2 rings (SSSR count). The van der Waals surface area contributed by atoms with Crippen LogP contribution in [0.25, 0.3) is 0 Å². The number of anilines is 1. The first-order chi connectivity index (χ1) is 9.48. The van der Waals surface area contributed by atoms with E-state index in [1.165, 1.54) is 6.07 Å². The first kappa shape index (κ1) is 15.1. The molecule has 5 heteroatoms. The summed E-state index contributed by atoms with van der Waals surface area (Å²) >= 11 is 12.2. The molecular weight excluding hydrogens is 300 g/mol. The molecule has 106 valence electrons. The summed E-state index contributed by atoms with van der Waals surface area (Å²) in [6.07, 6.45) is 0. The van der Waals surface area contributed by atoms with Crippen LogP contribution in [0.2, 0.25) is 10.0 Å². The smallest absolute Gasteiger partial charge is 0.146 e. The zero-order chi connectivity index (χ0) is 14.8. The molecule has 0 aliphatic carbocycles. The molecule has 0 aliphatic rings. The van der Waals surface area contributed by atoms with Gasteiger partial charge in [0, 0.05) is 0 Å². The van der Waals surface area contributed by atoms with Crippen LogP contribution in [-0.2, 0) is 5.54 Å². The molecule has 0 fully saturated rings. The van der Waals surface area contributed by atoms with Gasteiger partial charge in [0.2, 0.25) is 0 Å². The van der Waals surface area contributed by atoms with Gasteiger partial charge in [0.15, 0.2) is 0 Å². The molecule has 0 saturated heterocycles. The minimum absolute atomic E-state index is 0.263. The molecule has 2 N–H and O–H groups in total. The van der Waals surface area contributed by atoms with Crippen LogP contribution in [0.3, 0.4) is 0 Å². The monoisotopic (exact) mass is 313 g/mol. The van der Waals surface area contributed by atoms with E-state index in [1.54, 1.807) is 43.3 Å². The summed E-state index contributed by atoms with van der Waals surface area (Å²) in [5.41, 5.74) is -0.0398. The fourth-order valence-corrected chi connectivity index (χ4v) is 2.49. The molecule has 2 aromatic carbocycles. The minimum Gasteiger partial charge on any atom is -0.394 e. The molecule has 1 unspecified atom stereocenters. The van der Waals surface area contributed by atoms with E-state index in [0.29, 0.717) is 21.3 Å². The Morgan fingerprint density at radius 1 is 1.15 bits per heavy atom. The lowest BCUT2D eigenvalue weighted by molar-refractivity contribution is 0.223. The summed E-state index contributed by atoms with van der Waals surface area (Å²) in [7, 11) is 0. The Bertz CT molecular complexity index is 621. The van der Waals surface area contributed by atoms with Gasteiger partial charge in [-0.25, -0.2) is 4.39 Å². The predicted octanol–water partition coefficient (Wildman–Crippen LogP) is 4.45. The first-order valence-corrected chi connectivity index (χ1v) is 6.81. The van der Waals surface area contributed by atoms with E-state index in [0.717, 1.165) is 0 Å². The SMILES string of the molecule is CC(CO)(Nc1ccccc1F)c1cccc(Cl)c1Cl. The lowest BCUT2D eigenvalue weighted by atomic mass is 9.92. The third-order valence-electron chi connectivity index (χ3n) is 3.15. The molecule has 0 radical (unpaired) electrons. The van der Waals surface area contributed by atoms with Gasteiger partial charge < -0.3 is 10.4 Å². The molecule has 0 spiro atoms. The number of aliphatic hydroxyl groups is 1. The van der Waals surface area contributed by atoms with Gasteiger partial charge in [-0.15, -0.1) is 0 Å². The number of hydrogen-bond acceptors (Lipinski definition) is 2. The highest BCUT2D eigenvalue weighted by Crippen LogP contribution is 2.35. The zero-order valence-electron chi connectivity index (χ0n) is 10.8. The van der Waals surface area contributed by atoms with Crippen LogP contribution in [0.1, 0.15) is 12.5 Å². The summed E-state index contributed by atoms with van der Waals surface area (Å²) in [5.74, 6) is -0.398. The molecule has 0 heterocycles. The number of benzene rings is 2. The summed E-state index contributed by atoms with van der Waals surface area (Å²) in [6, 6.07) is 11.4. The number of para-hydroxylation sites is 1. The Hall–Kier alpha value is -1.29. The highest BCUT2D eigenvalue weighted by atomic mass is 35.5. The maximum atomic E-state index is 13.7. The Labute approximate surface area is 127 Å². The summed E-state index contributed by atoms with van der Waals surface area (Å²) in [6.45, 7) is 1.47. The van der Waals surface area contributed by atoms with Crippen LogP contribution in [0.15, 0.2) is 42.5 Å². The summed E-state index contributed by atoms with van der Waals surface area (Å²) in [5, 5.41) is 13.4. The van der Waals surface area contributed by atoms with Gasteiger partial charge in [-0.1, -0.05) is 47.5 Å². The van der Waals surface area contributed by atoms with Gasteiger partial charge >= 0.3 is 0 Å². The van der Waals surface area contributed by atoms with Crippen LogP contribution in [-0.4, -0.2) is 11.7 Å². The van der Waals surface area contributed by atoms with Crippen molar-refractivity contribution in [3.05, 3.63) is 63.9 Å². The van der Waals surface area contributed by atoms with E-state index in [2.05, 4.69) is 5.32 Å². The molecule has 0 bridgehead atoms. The van der Waals surface area contributed by atoms with Crippen molar-refractivity contribution >= 4 is 28.9 Å². The molecule has 0 aromatic heterocycles. The first-order valence-electron chi connectivity index (χ1n) is 6.06. The molecule has 2 nitrogen and oxygen atoms in total. The van der Waals surface area contributed by atoms with Gasteiger partial charge in [-0.3, -0.25) is 0 Å². The van der Waals surface area contributed by atoms with Crippen molar-refractivity contribution in [1.29, 1.82) is 0 Å². The van der Waals surface area contributed by atoms with Gasteiger partial charge in [0.1, 0.15) is 5.82 Å². The average molecular weight is 314 g/mol. The molecular formula is C15H14Cl2FNO. The maximum Gasteiger partial charge on any atom is 0.146 e. The van der Waals surface area contributed by atoms with Crippen LogP contribution >= 0.6 is 23.2 Å². The third-order valence-corrected chi connectivity index (χ3v) is 3.97. The van der Waals surface area contributed by atoms with Crippen molar-refractivity contribution in [3.8, 4) is 0 Å². The lowest BCUT2D eigenvalue weighted by Crippen LogP contribution is -2.36. The summed E-state index contributed by atoms with van der Waals surface area (Å²) < 4.78 is 13.7. The largest absolute Gasteiger partial charge is 0.394 e. The van der Waals surface area contributed by atoms with E-state index >= 15 is 0 Å². The Kier molecular flexibility index (Phi) is 4.53. The van der Waals surface area contributed by atoms with Crippen LogP contribution in [0.4, 0.5) is 10.1 Å². The zero-order valence-corrected chi connectivity index (χ0v) is 12.3.